The molecule has 0 aromatic carbocycles. The predicted octanol–water partition coefficient (Wildman–Crippen LogP) is 1.19. The zero-order valence-electron chi connectivity index (χ0n) is 10.4. The third-order valence-electron chi connectivity index (χ3n) is 2.44. The van der Waals surface area contributed by atoms with Crippen LogP contribution >= 0.6 is 0 Å². The molecule has 0 bridgehead atoms. The lowest BCUT2D eigenvalue weighted by Crippen LogP contribution is -2.16. The quantitative estimate of drug-likeness (QED) is 0.843. The predicted molar refractivity (Wildman–Crippen MR) is 62.2 cm³/mol. The van der Waals surface area contributed by atoms with E-state index in [1.165, 1.54) is 5.69 Å². The van der Waals surface area contributed by atoms with Crippen molar-refractivity contribution >= 4 is 0 Å². The second kappa shape index (κ2) is 5.09. The Kier molecular flexibility index (Phi) is 3.53. The number of rotatable bonds is 5. The summed E-state index contributed by atoms with van der Waals surface area (Å²) in [6, 6.07) is 2.08. The normalized spacial score (nSPS) is 11.0. The molecule has 0 aliphatic heterocycles. The molecule has 0 radical (unpaired) electrons. The van der Waals surface area contributed by atoms with Crippen LogP contribution in [0.25, 0.3) is 0 Å². The fraction of sp³-hybridized carbons (Fsp3) is 0.545. The third kappa shape index (κ3) is 2.91. The maximum absolute atomic E-state index is 5.02. The standard InChI is InChI=1S/C11H17N5O/c1-4-16-10(5-8(2)14-16)6-12-7-11-13-9(3)15-17-11/h5,12H,4,6-7H2,1-3H3. The lowest BCUT2D eigenvalue weighted by Gasteiger charge is -2.04. The highest BCUT2D eigenvalue weighted by Gasteiger charge is 2.05. The first kappa shape index (κ1) is 11.8. The summed E-state index contributed by atoms with van der Waals surface area (Å²) in [4.78, 5) is 4.13. The van der Waals surface area contributed by atoms with Crippen molar-refractivity contribution in [2.75, 3.05) is 0 Å². The summed E-state index contributed by atoms with van der Waals surface area (Å²) in [5.74, 6) is 1.28. The number of nitrogens with one attached hydrogen (secondary N) is 1. The van der Waals surface area contributed by atoms with E-state index in [1.54, 1.807) is 0 Å². The Morgan fingerprint density at radius 2 is 2.18 bits per heavy atom. The highest BCUT2D eigenvalue weighted by molar-refractivity contribution is 5.08. The van der Waals surface area contributed by atoms with Gasteiger partial charge in [-0.2, -0.15) is 10.1 Å². The molecule has 6 heteroatoms. The van der Waals surface area contributed by atoms with Crippen LogP contribution in [0.4, 0.5) is 0 Å². The van der Waals surface area contributed by atoms with Crippen molar-refractivity contribution in [1.29, 1.82) is 0 Å². The fourth-order valence-electron chi connectivity index (χ4n) is 1.72. The van der Waals surface area contributed by atoms with E-state index in [9.17, 15) is 0 Å². The van der Waals surface area contributed by atoms with Gasteiger partial charge in [-0.15, -0.1) is 0 Å². The molecule has 0 amide bonds. The van der Waals surface area contributed by atoms with Crippen molar-refractivity contribution in [2.24, 2.45) is 0 Å². The first-order chi connectivity index (χ1) is 8.19. The van der Waals surface area contributed by atoms with Crippen LogP contribution in [0, 0.1) is 13.8 Å². The van der Waals surface area contributed by atoms with Gasteiger partial charge < -0.3 is 9.84 Å². The minimum absolute atomic E-state index is 0.578. The molecule has 0 spiro atoms. The Bertz CT molecular complexity index is 488. The largest absolute Gasteiger partial charge is 0.338 e. The monoisotopic (exact) mass is 235 g/mol. The molecule has 0 aliphatic rings. The van der Waals surface area contributed by atoms with Crippen molar-refractivity contribution in [3.8, 4) is 0 Å². The van der Waals surface area contributed by atoms with E-state index in [2.05, 4.69) is 33.5 Å². The molecule has 0 saturated heterocycles. The topological polar surface area (TPSA) is 68.8 Å². The summed E-state index contributed by atoms with van der Waals surface area (Å²) < 4.78 is 7.01. The molecule has 0 atom stereocenters. The SMILES string of the molecule is CCn1nc(C)cc1CNCc1nc(C)no1. The van der Waals surface area contributed by atoms with Crippen molar-refractivity contribution in [1.82, 2.24) is 25.2 Å². The zero-order chi connectivity index (χ0) is 12.3. The highest BCUT2D eigenvalue weighted by atomic mass is 16.5. The smallest absolute Gasteiger partial charge is 0.240 e. The molecule has 92 valence electrons. The summed E-state index contributed by atoms with van der Waals surface area (Å²) in [6.07, 6.45) is 0. The molecule has 2 heterocycles. The minimum atomic E-state index is 0.578. The average Bonchev–Trinajstić information content (AvgIpc) is 2.85. The van der Waals surface area contributed by atoms with E-state index in [1.807, 2.05) is 18.5 Å². The van der Waals surface area contributed by atoms with Crippen molar-refractivity contribution in [2.45, 2.75) is 40.4 Å². The highest BCUT2D eigenvalue weighted by Crippen LogP contribution is 2.04. The zero-order valence-corrected chi connectivity index (χ0v) is 10.4. The van der Waals surface area contributed by atoms with Gasteiger partial charge in [0, 0.05) is 13.1 Å². The molecule has 6 nitrogen and oxygen atoms in total. The average molecular weight is 235 g/mol. The van der Waals surface area contributed by atoms with Crippen LogP contribution in [-0.2, 0) is 19.6 Å². The summed E-state index contributed by atoms with van der Waals surface area (Å²) in [7, 11) is 0. The van der Waals surface area contributed by atoms with Gasteiger partial charge in [0.05, 0.1) is 17.9 Å². The number of hydrogen-bond donors (Lipinski definition) is 1. The molecule has 17 heavy (non-hydrogen) atoms. The Morgan fingerprint density at radius 3 is 2.82 bits per heavy atom. The van der Waals surface area contributed by atoms with Crippen LogP contribution in [0.1, 0.15) is 30.0 Å². The number of nitrogens with zero attached hydrogens (tertiary/aromatic N) is 4. The van der Waals surface area contributed by atoms with Crippen LogP contribution in [0.2, 0.25) is 0 Å². The van der Waals surface area contributed by atoms with Gasteiger partial charge in [-0.25, -0.2) is 0 Å². The number of aryl methyl sites for hydroxylation is 3. The number of hydrogen-bond acceptors (Lipinski definition) is 5. The van der Waals surface area contributed by atoms with Gasteiger partial charge in [0.15, 0.2) is 5.82 Å². The maximum atomic E-state index is 5.02. The summed E-state index contributed by atoms with van der Waals surface area (Å²) in [6.45, 7) is 8.09. The van der Waals surface area contributed by atoms with E-state index in [4.69, 9.17) is 4.52 Å². The lowest BCUT2D eigenvalue weighted by atomic mass is 10.3. The molecule has 0 fully saturated rings. The van der Waals surface area contributed by atoms with Gasteiger partial charge in [-0.1, -0.05) is 5.16 Å². The van der Waals surface area contributed by atoms with Crippen molar-refractivity contribution in [3.63, 3.8) is 0 Å². The second-order valence-corrected chi connectivity index (χ2v) is 3.93. The molecule has 2 aromatic rings. The summed E-state index contributed by atoms with van der Waals surface area (Å²) in [5, 5.41) is 11.4. The van der Waals surface area contributed by atoms with Crippen LogP contribution in [0.15, 0.2) is 10.6 Å². The lowest BCUT2D eigenvalue weighted by molar-refractivity contribution is 0.363. The molecular weight excluding hydrogens is 218 g/mol. The minimum Gasteiger partial charge on any atom is -0.338 e. The van der Waals surface area contributed by atoms with Crippen molar-refractivity contribution < 1.29 is 4.52 Å². The molecule has 1 N–H and O–H groups in total. The Balaban J connectivity index is 1.89. The van der Waals surface area contributed by atoms with Crippen LogP contribution in [-0.4, -0.2) is 19.9 Å². The first-order valence-corrected chi connectivity index (χ1v) is 5.72. The maximum Gasteiger partial charge on any atom is 0.240 e. The van der Waals surface area contributed by atoms with Gasteiger partial charge in [-0.05, 0) is 26.8 Å². The van der Waals surface area contributed by atoms with E-state index in [0.717, 1.165) is 18.8 Å². The van der Waals surface area contributed by atoms with Crippen LogP contribution < -0.4 is 5.32 Å². The van der Waals surface area contributed by atoms with Crippen molar-refractivity contribution in [3.05, 3.63) is 29.2 Å². The molecule has 0 aliphatic carbocycles. The van der Waals surface area contributed by atoms with Gasteiger partial charge in [0.2, 0.25) is 5.89 Å². The van der Waals surface area contributed by atoms with E-state index in [0.29, 0.717) is 18.3 Å². The van der Waals surface area contributed by atoms with E-state index >= 15 is 0 Å². The van der Waals surface area contributed by atoms with Gasteiger partial charge >= 0.3 is 0 Å². The van der Waals surface area contributed by atoms with Crippen LogP contribution in [0.3, 0.4) is 0 Å². The van der Waals surface area contributed by atoms with Gasteiger partial charge in [-0.3, -0.25) is 4.68 Å². The molecule has 0 unspecified atom stereocenters. The van der Waals surface area contributed by atoms with Gasteiger partial charge in [0.25, 0.3) is 0 Å². The number of aromatic nitrogens is 4. The Hall–Kier alpha value is -1.69. The molecule has 2 aromatic heterocycles. The Morgan fingerprint density at radius 1 is 1.35 bits per heavy atom. The Labute approximate surface area is 100 Å². The first-order valence-electron chi connectivity index (χ1n) is 5.72. The fourth-order valence-corrected chi connectivity index (χ4v) is 1.72. The summed E-state index contributed by atoms with van der Waals surface area (Å²) in [5.41, 5.74) is 2.21. The van der Waals surface area contributed by atoms with Gasteiger partial charge in [0.1, 0.15) is 0 Å². The molecular formula is C11H17N5O. The molecule has 2 rings (SSSR count). The second-order valence-electron chi connectivity index (χ2n) is 3.93. The van der Waals surface area contributed by atoms with E-state index in [-0.39, 0.29) is 0 Å². The third-order valence-corrected chi connectivity index (χ3v) is 2.44. The summed E-state index contributed by atoms with van der Waals surface area (Å²) >= 11 is 0. The molecule has 0 saturated carbocycles. The van der Waals surface area contributed by atoms with E-state index < -0.39 is 0 Å². The van der Waals surface area contributed by atoms with Crippen LogP contribution in [0.5, 0.6) is 0 Å².